The molecule has 0 heterocycles. The van der Waals surface area contributed by atoms with E-state index in [0.717, 1.165) is 6.07 Å². The summed E-state index contributed by atoms with van der Waals surface area (Å²) >= 11 is 0. The fourth-order valence-corrected chi connectivity index (χ4v) is 1.53. The van der Waals surface area contributed by atoms with Crippen LogP contribution in [-0.2, 0) is 11.3 Å². The number of rotatable bonds is 5. The smallest absolute Gasteiger partial charge is 0.320 e. The number of aromatic hydroxyl groups is 1. The summed E-state index contributed by atoms with van der Waals surface area (Å²) in [5.41, 5.74) is 0.344. The maximum atomic E-state index is 13.0. The predicted molar refractivity (Wildman–Crippen MR) is 61.2 cm³/mol. The second-order valence-corrected chi connectivity index (χ2v) is 4.19. The maximum absolute atomic E-state index is 13.0. The van der Waals surface area contributed by atoms with E-state index in [4.69, 9.17) is 5.11 Å². The Kier molecular flexibility index (Phi) is 4.45. The fourth-order valence-electron chi connectivity index (χ4n) is 1.53. The molecule has 5 heteroatoms. The van der Waals surface area contributed by atoms with Crippen molar-refractivity contribution in [1.82, 2.24) is 5.32 Å². The first-order valence-electron chi connectivity index (χ1n) is 5.36. The van der Waals surface area contributed by atoms with Gasteiger partial charge in [0.1, 0.15) is 6.04 Å². The highest BCUT2D eigenvalue weighted by Gasteiger charge is 2.21. The van der Waals surface area contributed by atoms with E-state index in [9.17, 15) is 14.3 Å². The number of carboxylic acids is 1. The van der Waals surface area contributed by atoms with Gasteiger partial charge in [0.05, 0.1) is 0 Å². The van der Waals surface area contributed by atoms with Crippen molar-refractivity contribution in [2.75, 3.05) is 0 Å². The van der Waals surface area contributed by atoms with Crippen LogP contribution >= 0.6 is 0 Å². The predicted octanol–water partition coefficient (Wildman–Crippen LogP) is 1.73. The van der Waals surface area contributed by atoms with E-state index in [-0.39, 0.29) is 12.5 Å². The van der Waals surface area contributed by atoms with Crippen molar-refractivity contribution < 1.29 is 19.4 Å². The molecule has 1 unspecified atom stereocenters. The van der Waals surface area contributed by atoms with Crippen molar-refractivity contribution >= 4 is 5.97 Å². The van der Waals surface area contributed by atoms with Crippen molar-refractivity contribution in [3.8, 4) is 5.75 Å². The van der Waals surface area contributed by atoms with E-state index in [2.05, 4.69) is 5.32 Å². The minimum atomic E-state index is -0.962. The summed E-state index contributed by atoms with van der Waals surface area (Å²) in [4.78, 5) is 10.9. The lowest BCUT2D eigenvalue weighted by molar-refractivity contribution is -0.140. The number of para-hydroxylation sites is 1. The number of nitrogens with one attached hydrogen (secondary N) is 1. The molecule has 0 fully saturated rings. The SMILES string of the molecule is CC(C)C(NCc1cccc(F)c1O)C(=O)O. The Bertz CT molecular complexity index is 407. The normalized spacial score (nSPS) is 12.7. The molecule has 0 saturated heterocycles. The topological polar surface area (TPSA) is 69.6 Å². The Balaban J connectivity index is 2.72. The summed E-state index contributed by atoms with van der Waals surface area (Å²) < 4.78 is 13.0. The molecule has 0 aliphatic heterocycles. The second-order valence-electron chi connectivity index (χ2n) is 4.19. The van der Waals surface area contributed by atoms with Crippen LogP contribution < -0.4 is 5.32 Å². The monoisotopic (exact) mass is 241 g/mol. The molecule has 0 saturated carbocycles. The average molecular weight is 241 g/mol. The first kappa shape index (κ1) is 13.4. The molecular weight excluding hydrogens is 225 g/mol. The van der Waals surface area contributed by atoms with Crippen molar-refractivity contribution in [2.24, 2.45) is 5.92 Å². The van der Waals surface area contributed by atoms with Crippen LogP contribution in [0, 0.1) is 11.7 Å². The summed E-state index contributed by atoms with van der Waals surface area (Å²) in [5, 5.41) is 21.1. The lowest BCUT2D eigenvalue weighted by Gasteiger charge is -2.18. The molecule has 1 aromatic carbocycles. The Hall–Kier alpha value is -1.62. The van der Waals surface area contributed by atoms with E-state index in [1.165, 1.54) is 6.07 Å². The minimum Gasteiger partial charge on any atom is -0.505 e. The zero-order chi connectivity index (χ0) is 13.0. The van der Waals surface area contributed by atoms with Gasteiger partial charge >= 0.3 is 5.97 Å². The standard InChI is InChI=1S/C12H16FNO3/c1-7(2)10(12(16)17)14-6-8-4-3-5-9(13)11(8)15/h3-5,7,10,14-15H,6H2,1-2H3,(H,16,17). The second kappa shape index (κ2) is 5.63. The first-order valence-corrected chi connectivity index (χ1v) is 5.36. The highest BCUT2D eigenvalue weighted by atomic mass is 19.1. The van der Waals surface area contributed by atoms with Gasteiger partial charge in [0.25, 0.3) is 0 Å². The van der Waals surface area contributed by atoms with Crippen molar-refractivity contribution in [1.29, 1.82) is 0 Å². The van der Waals surface area contributed by atoms with Gasteiger partial charge in [-0.15, -0.1) is 0 Å². The van der Waals surface area contributed by atoms with Gasteiger partial charge in [0.2, 0.25) is 0 Å². The lowest BCUT2D eigenvalue weighted by atomic mass is 10.0. The maximum Gasteiger partial charge on any atom is 0.320 e. The van der Waals surface area contributed by atoms with Crippen LogP contribution in [0.4, 0.5) is 4.39 Å². The quantitative estimate of drug-likeness (QED) is 0.734. The van der Waals surface area contributed by atoms with Gasteiger partial charge in [-0.3, -0.25) is 10.1 Å². The van der Waals surface area contributed by atoms with Crippen LogP contribution in [-0.4, -0.2) is 22.2 Å². The van der Waals surface area contributed by atoms with Gasteiger partial charge in [0.15, 0.2) is 11.6 Å². The van der Waals surface area contributed by atoms with Crippen LogP contribution in [0.2, 0.25) is 0 Å². The third-order valence-corrected chi connectivity index (χ3v) is 2.52. The Labute approximate surface area is 99.1 Å². The number of carboxylic acid groups (broad SMARTS) is 1. The van der Waals surface area contributed by atoms with Gasteiger partial charge in [-0.2, -0.15) is 0 Å². The zero-order valence-corrected chi connectivity index (χ0v) is 9.77. The van der Waals surface area contributed by atoms with Crippen molar-refractivity contribution in [3.63, 3.8) is 0 Å². The van der Waals surface area contributed by atoms with E-state index in [1.807, 2.05) is 0 Å². The summed E-state index contributed by atoms with van der Waals surface area (Å²) in [6.07, 6.45) is 0. The van der Waals surface area contributed by atoms with Gasteiger partial charge in [0, 0.05) is 12.1 Å². The number of phenolic OH excluding ortho intramolecular Hbond substituents is 1. The number of hydrogen-bond acceptors (Lipinski definition) is 3. The zero-order valence-electron chi connectivity index (χ0n) is 9.77. The lowest BCUT2D eigenvalue weighted by Crippen LogP contribution is -2.40. The van der Waals surface area contributed by atoms with Gasteiger partial charge in [-0.05, 0) is 12.0 Å². The number of phenols is 1. The highest BCUT2D eigenvalue weighted by Crippen LogP contribution is 2.20. The molecule has 3 N–H and O–H groups in total. The molecule has 94 valence electrons. The molecule has 1 atom stereocenters. The molecule has 0 radical (unpaired) electrons. The molecule has 0 spiro atoms. The number of halogens is 1. The van der Waals surface area contributed by atoms with Gasteiger partial charge < -0.3 is 10.2 Å². The summed E-state index contributed by atoms with van der Waals surface area (Å²) in [7, 11) is 0. The average Bonchev–Trinajstić information content (AvgIpc) is 2.23. The fraction of sp³-hybridized carbons (Fsp3) is 0.417. The van der Waals surface area contributed by atoms with E-state index >= 15 is 0 Å². The molecule has 1 aromatic rings. The molecule has 0 amide bonds. The highest BCUT2D eigenvalue weighted by molar-refractivity contribution is 5.73. The summed E-state index contributed by atoms with van der Waals surface area (Å²) in [6.45, 7) is 3.66. The Morgan fingerprint density at radius 2 is 2.12 bits per heavy atom. The molecule has 4 nitrogen and oxygen atoms in total. The van der Waals surface area contributed by atoms with Crippen LogP contribution in [0.1, 0.15) is 19.4 Å². The van der Waals surface area contributed by atoms with Crippen LogP contribution in [0.15, 0.2) is 18.2 Å². The summed E-state index contributed by atoms with van der Waals surface area (Å²) in [6, 6.07) is 3.44. The molecule has 17 heavy (non-hydrogen) atoms. The van der Waals surface area contributed by atoms with E-state index < -0.39 is 23.6 Å². The van der Waals surface area contributed by atoms with Gasteiger partial charge in [-0.25, -0.2) is 4.39 Å². The molecular formula is C12H16FNO3. The molecule has 0 aliphatic carbocycles. The number of benzene rings is 1. The molecule has 0 aromatic heterocycles. The van der Waals surface area contributed by atoms with E-state index in [1.54, 1.807) is 19.9 Å². The van der Waals surface area contributed by atoms with Crippen molar-refractivity contribution in [3.05, 3.63) is 29.6 Å². The number of hydrogen-bond donors (Lipinski definition) is 3. The first-order chi connectivity index (χ1) is 7.93. The molecule has 0 bridgehead atoms. The van der Waals surface area contributed by atoms with Crippen molar-refractivity contribution in [2.45, 2.75) is 26.4 Å². The van der Waals surface area contributed by atoms with Crippen LogP contribution in [0.5, 0.6) is 5.75 Å². The third-order valence-electron chi connectivity index (χ3n) is 2.52. The summed E-state index contributed by atoms with van der Waals surface area (Å²) in [5.74, 6) is -2.20. The third kappa shape index (κ3) is 3.42. The molecule has 1 rings (SSSR count). The van der Waals surface area contributed by atoms with Crippen LogP contribution in [0.3, 0.4) is 0 Å². The Morgan fingerprint density at radius 1 is 1.47 bits per heavy atom. The van der Waals surface area contributed by atoms with Crippen LogP contribution in [0.25, 0.3) is 0 Å². The number of aliphatic carboxylic acids is 1. The largest absolute Gasteiger partial charge is 0.505 e. The minimum absolute atomic E-state index is 0.0943. The Morgan fingerprint density at radius 3 is 2.65 bits per heavy atom. The molecule has 0 aliphatic rings. The van der Waals surface area contributed by atoms with Gasteiger partial charge in [-0.1, -0.05) is 26.0 Å². The van der Waals surface area contributed by atoms with E-state index in [0.29, 0.717) is 5.56 Å². The number of carbonyl (C=O) groups is 1.